The van der Waals surface area contributed by atoms with Gasteiger partial charge in [-0.3, -0.25) is 4.79 Å². The van der Waals surface area contributed by atoms with Crippen LogP contribution in [0.3, 0.4) is 0 Å². The van der Waals surface area contributed by atoms with Crippen LogP contribution in [-0.2, 0) is 9.53 Å². The number of ether oxygens (including phenoxy) is 1. The lowest BCUT2D eigenvalue weighted by atomic mass is 10.0. The summed E-state index contributed by atoms with van der Waals surface area (Å²) in [5.74, 6) is 1.91. The number of aliphatic hydroxyl groups is 1. The molecular weight excluding hydrogens is 194 g/mol. The van der Waals surface area contributed by atoms with E-state index in [1.54, 1.807) is 7.11 Å². The Kier molecular flexibility index (Phi) is 3.26. The van der Waals surface area contributed by atoms with E-state index in [0.29, 0.717) is 6.61 Å². The number of methoxy groups -OCH3 is 1. The van der Waals surface area contributed by atoms with Gasteiger partial charge in [-0.25, -0.2) is 0 Å². The average molecular weight is 213 g/mol. The molecule has 0 heterocycles. The summed E-state index contributed by atoms with van der Waals surface area (Å²) in [5, 5.41) is 11.9. The second-order valence-corrected chi connectivity index (χ2v) is 4.77. The fourth-order valence-electron chi connectivity index (χ4n) is 2.59. The molecule has 0 saturated heterocycles. The molecular formula is C11H19NO3. The van der Waals surface area contributed by atoms with Gasteiger partial charge in [0.25, 0.3) is 0 Å². The van der Waals surface area contributed by atoms with Gasteiger partial charge in [0.05, 0.1) is 19.3 Å². The van der Waals surface area contributed by atoms with Crippen molar-refractivity contribution in [3.63, 3.8) is 0 Å². The van der Waals surface area contributed by atoms with Crippen molar-refractivity contribution >= 4 is 5.91 Å². The average Bonchev–Trinajstić information content (AvgIpc) is 2.85. The van der Waals surface area contributed by atoms with E-state index in [1.807, 2.05) is 0 Å². The maximum atomic E-state index is 11.8. The summed E-state index contributed by atoms with van der Waals surface area (Å²) in [4.78, 5) is 11.8. The highest BCUT2D eigenvalue weighted by Crippen LogP contribution is 2.54. The lowest BCUT2D eigenvalue weighted by Gasteiger charge is -2.18. The number of carbonyl (C=O) groups excluding carboxylic acids is 1. The fourth-order valence-corrected chi connectivity index (χ4v) is 2.59. The van der Waals surface area contributed by atoms with Crippen molar-refractivity contribution in [2.45, 2.75) is 25.3 Å². The molecule has 15 heavy (non-hydrogen) atoms. The maximum absolute atomic E-state index is 11.8. The molecule has 4 heteroatoms. The Balaban J connectivity index is 1.75. The van der Waals surface area contributed by atoms with E-state index >= 15 is 0 Å². The van der Waals surface area contributed by atoms with Crippen molar-refractivity contribution in [1.29, 1.82) is 0 Å². The molecule has 1 amide bonds. The summed E-state index contributed by atoms with van der Waals surface area (Å²) in [6.45, 7) is 0.320. The van der Waals surface area contributed by atoms with Crippen molar-refractivity contribution in [3.05, 3.63) is 0 Å². The minimum atomic E-state index is -0.251. The van der Waals surface area contributed by atoms with Crippen LogP contribution in [0, 0.1) is 17.8 Å². The zero-order valence-corrected chi connectivity index (χ0v) is 9.11. The van der Waals surface area contributed by atoms with Crippen LogP contribution in [0.25, 0.3) is 0 Å². The van der Waals surface area contributed by atoms with Gasteiger partial charge in [0, 0.05) is 13.0 Å². The molecule has 4 nitrogen and oxygen atoms in total. The quantitative estimate of drug-likeness (QED) is 0.683. The summed E-state index contributed by atoms with van der Waals surface area (Å²) < 4.78 is 4.91. The van der Waals surface area contributed by atoms with Crippen LogP contribution in [0.2, 0.25) is 0 Å². The van der Waals surface area contributed by atoms with Crippen molar-refractivity contribution in [3.8, 4) is 0 Å². The molecule has 0 spiro atoms. The lowest BCUT2D eigenvalue weighted by molar-refractivity contribution is -0.126. The van der Waals surface area contributed by atoms with E-state index in [0.717, 1.165) is 24.7 Å². The first-order chi connectivity index (χ1) is 7.24. The molecule has 2 fully saturated rings. The van der Waals surface area contributed by atoms with Crippen molar-refractivity contribution < 1.29 is 14.6 Å². The highest BCUT2D eigenvalue weighted by molar-refractivity contribution is 5.79. The SMILES string of the molecule is COCC(CO)NC(=O)C1CC2CC2C1. The number of aliphatic hydroxyl groups excluding tert-OH is 1. The first kappa shape index (κ1) is 10.9. The predicted molar refractivity (Wildman–Crippen MR) is 55.2 cm³/mol. The maximum Gasteiger partial charge on any atom is 0.223 e. The molecule has 2 saturated carbocycles. The van der Waals surface area contributed by atoms with E-state index in [4.69, 9.17) is 9.84 Å². The highest BCUT2D eigenvalue weighted by atomic mass is 16.5. The number of carbonyl (C=O) groups is 1. The van der Waals surface area contributed by atoms with Crippen LogP contribution in [0.15, 0.2) is 0 Å². The van der Waals surface area contributed by atoms with Crippen LogP contribution in [0.4, 0.5) is 0 Å². The third-order valence-corrected chi connectivity index (χ3v) is 3.55. The van der Waals surface area contributed by atoms with Gasteiger partial charge in [0.2, 0.25) is 5.91 Å². The number of fused-ring (bicyclic) bond motifs is 1. The molecule has 0 radical (unpaired) electrons. The van der Waals surface area contributed by atoms with Crippen LogP contribution < -0.4 is 5.32 Å². The van der Waals surface area contributed by atoms with Crippen LogP contribution in [0.1, 0.15) is 19.3 Å². The smallest absolute Gasteiger partial charge is 0.223 e. The largest absolute Gasteiger partial charge is 0.394 e. The van der Waals surface area contributed by atoms with Crippen LogP contribution >= 0.6 is 0 Å². The number of amides is 1. The molecule has 2 aliphatic carbocycles. The number of hydrogen-bond donors (Lipinski definition) is 2. The van der Waals surface area contributed by atoms with E-state index < -0.39 is 0 Å². The van der Waals surface area contributed by atoms with E-state index in [9.17, 15) is 4.79 Å². The molecule has 2 N–H and O–H groups in total. The fraction of sp³-hybridized carbons (Fsp3) is 0.909. The molecule has 0 aromatic carbocycles. The van der Waals surface area contributed by atoms with Crippen molar-refractivity contribution in [2.24, 2.45) is 17.8 Å². The Labute approximate surface area is 90.0 Å². The zero-order valence-electron chi connectivity index (χ0n) is 9.11. The van der Waals surface area contributed by atoms with Gasteiger partial charge in [0.15, 0.2) is 0 Å². The Morgan fingerprint density at radius 1 is 1.47 bits per heavy atom. The molecule has 0 aromatic heterocycles. The van der Waals surface area contributed by atoms with Crippen molar-refractivity contribution in [1.82, 2.24) is 5.32 Å². The Morgan fingerprint density at radius 3 is 2.67 bits per heavy atom. The van der Waals surface area contributed by atoms with Gasteiger partial charge >= 0.3 is 0 Å². The predicted octanol–water partition coefficient (Wildman–Crippen LogP) is 0.156. The van der Waals surface area contributed by atoms with E-state index in [-0.39, 0.29) is 24.5 Å². The molecule has 86 valence electrons. The Morgan fingerprint density at radius 2 is 2.13 bits per heavy atom. The number of rotatable bonds is 5. The minimum absolute atomic E-state index is 0.0564. The van der Waals surface area contributed by atoms with Gasteiger partial charge in [-0.15, -0.1) is 0 Å². The molecule has 3 unspecified atom stereocenters. The number of nitrogens with one attached hydrogen (secondary N) is 1. The normalized spacial score (nSPS) is 34.7. The molecule has 0 aliphatic heterocycles. The van der Waals surface area contributed by atoms with Crippen LogP contribution in [0.5, 0.6) is 0 Å². The third kappa shape index (κ3) is 2.49. The zero-order chi connectivity index (χ0) is 10.8. The van der Waals surface area contributed by atoms with Gasteiger partial charge < -0.3 is 15.2 Å². The summed E-state index contributed by atoms with van der Waals surface area (Å²) in [6.07, 6.45) is 3.41. The second kappa shape index (κ2) is 4.49. The molecule has 0 aromatic rings. The Hall–Kier alpha value is -0.610. The van der Waals surface area contributed by atoms with E-state index in [2.05, 4.69) is 5.32 Å². The van der Waals surface area contributed by atoms with Gasteiger partial charge in [-0.05, 0) is 31.1 Å². The van der Waals surface area contributed by atoms with Crippen molar-refractivity contribution in [2.75, 3.05) is 20.3 Å². The molecule has 3 atom stereocenters. The standard InChI is InChI=1S/C11H19NO3/c1-15-6-10(5-13)12-11(14)9-3-7-2-8(7)4-9/h7-10,13H,2-6H2,1H3,(H,12,14). The first-order valence-electron chi connectivity index (χ1n) is 5.64. The summed E-state index contributed by atoms with van der Waals surface area (Å²) in [6, 6.07) is -0.251. The van der Waals surface area contributed by atoms with Crippen LogP contribution in [-0.4, -0.2) is 37.4 Å². The Bertz CT molecular complexity index is 234. The molecule has 2 rings (SSSR count). The van der Waals surface area contributed by atoms with Gasteiger partial charge in [-0.2, -0.15) is 0 Å². The minimum Gasteiger partial charge on any atom is -0.394 e. The summed E-state index contributed by atoms with van der Waals surface area (Å²) in [7, 11) is 1.57. The lowest BCUT2D eigenvalue weighted by Crippen LogP contribution is -2.43. The molecule has 2 aliphatic rings. The van der Waals surface area contributed by atoms with E-state index in [1.165, 1.54) is 6.42 Å². The number of hydrogen-bond acceptors (Lipinski definition) is 3. The monoisotopic (exact) mass is 213 g/mol. The third-order valence-electron chi connectivity index (χ3n) is 3.55. The highest BCUT2D eigenvalue weighted by Gasteiger charge is 2.48. The van der Waals surface area contributed by atoms with Gasteiger partial charge in [0.1, 0.15) is 0 Å². The first-order valence-corrected chi connectivity index (χ1v) is 5.64. The van der Waals surface area contributed by atoms with Gasteiger partial charge in [-0.1, -0.05) is 0 Å². The molecule has 0 bridgehead atoms. The summed E-state index contributed by atoms with van der Waals surface area (Å²) >= 11 is 0. The topological polar surface area (TPSA) is 58.6 Å². The summed E-state index contributed by atoms with van der Waals surface area (Å²) in [5.41, 5.74) is 0. The second-order valence-electron chi connectivity index (χ2n) is 4.77.